The van der Waals surface area contributed by atoms with Crippen molar-refractivity contribution in [3.63, 3.8) is 0 Å². The number of carbonyl (C=O) groups excluding carboxylic acids is 10. The van der Waals surface area contributed by atoms with Crippen molar-refractivity contribution < 1.29 is 95.3 Å². The summed E-state index contributed by atoms with van der Waals surface area (Å²) in [6.07, 6.45) is 5.73. The van der Waals surface area contributed by atoms with Crippen LogP contribution in [0.25, 0.3) is 0 Å². The Morgan fingerprint density at radius 1 is 0.405 bits per heavy atom. The Balaban J connectivity index is 0.932. The Labute approximate surface area is 490 Å². The lowest BCUT2D eigenvalue weighted by atomic mass is 9.82. The van der Waals surface area contributed by atoms with E-state index in [1.807, 2.05) is 0 Å². The molecule has 3 aromatic rings. The van der Waals surface area contributed by atoms with Crippen LogP contribution in [0.4, 0.5) is 0 Å². The van der Waals surface area contributed by atoms with Gasteiger partial charge in [-0.2, -0.15) is 0 Å². The van der Waals surface area contributed by atoms with E-state index in [4.69, 9.17) is 47.4 Å². The molecule has 2 saturated carbocycles. The smallest absolute Gasteiger partial charge is 0.330 e. The maximum Gasteiger partial charge on any atom is 0.330 e. The molecular formula is C64H78O20. The minimum Gasteiger partial charge on any atom is -0.465 e. The van der Waals surface area contributed by atoms with Crippen LogP contribution in [-0.2, 0) is 89.2 Å². The molecule has 5 rings (SSSR count). The average Bonchev–Trinajstić information content (AvgIpc) is 3.69. The molecule has 0 amide bonds. The van der Waals surface area contributed by atoms with Crippen LogP contribution in [-0.4, -0.2) is 99.3 Å². The van der Waals surface area contributed by atoms with Crippen molar-refractivity contribution in [3.05, 3.63) is 108 Å². The van der Waals surface area contributed by atoms with Crippen molar-refractivity contribution in [1.82, 2.24) is 0 Å². The third kappa shape index (κ3) is 22.9. The highest BCUT2D eigenvalue weighted by Crippen LogP contribution is 2.36. The van der Waals surface area contributed by atoms with Crippen LogP contribution in [0, 0.1) is 48.3 Å². The molecule has 84 heavy (non-hydrogen) atoms. The van der Waals surface area contributed by atoms with Gasteiger partial charge in [-0.1, -0.05) is 65.1 Å². The van der Waals surface area contributed by atoms with E-state index in [9.17, 15) is 47.9 Å². The fourth-order valence-electron chi connectivity index (χ4n) is 8.90. The maximum atomic E-state index is 13.4. The van der Waals surface area contributed by atoms with Crippen molar-refractivity contribution in [3.8, 4) is 23.0 Å². The number of benzene rings is 3. The van der Waals surface area contributed by atoms with E-state index < -0.39 is 94.2 Å². The van der Waals surface area contributed by atoms with Gasteiger partial charge < -0.3 is 47.4 Å². The third-order valence-electron chi connectivity index (χ3n) is 14.3. The van der Waals surface area contributed by atoms with Crippen LogP contribution in [0.2, 0.25) is 0 Å². The zero-order valence-electron chi connectivity index (χ0n) is 49.0. The molecule has 0 aromatic heterocycles. The largest absolute Gasteiger partial charge is 0.465 e. The Bertz CT molecular complexity index is 2620. The normalized spacial score (nSPS) is 16.7. The molecule has 2 aliphatic rings. The van der Waals surface area contributed by atoms with Gasteiger partial charge in [-0.25, -0.2) is 9.59 Å². The lowest BCUT2D eigenvalue weighted by Gasteiger charge is -2.26. The second-order valence-corrected chi connectivity index (χ2v) is 22.6. The summed E-state index contributed by atoms with van der Waals surface area (Å²) in [5, 5.41) is 0. The number of carbonyl (C=O) groups is 10. The van der Waals surface area contributed by atoms with Gasteiger partial charge in [0.2, 0.25) is 0 Å². The van der Waals surface area contributed by atoms with Gasteiger partial charge in [-0.05, 0) is 124 Å². The van der Waals surface area contributed by atoms with E-state index in [2.05, 4.69) is 13.2 Å². The zero-order chi connectivity index (χ0) is 61.4. The molecule has 20 heteroatoms. The van der Waals surface area contributed by atoms with Crippen molar-refractivity contribution in [1.29, 1.82) is 0 Å². The van der Waals surface area contributed by atoms with Crippen molar-refractivity contribution >= 4 is 59.7 Å². The van der Waals surface area contributed by atoms with Crippen LogP contribution >= 0.6 is 0 Å². The van der Waals surface area contributed by atoms with E-state index in [-0.39, 0.29) is 65.3 Å². The van der Waals surface area contributed by atoms with Gasteiger partial charge in [0.25, 0.3) is 0 Å². The average molecular weight is 1170 g/mol. The van der Waals surface area contributed by atoms with Gasteiger partial charge in [-0.15, -0.1) is 0 Å². The van der Waals surface area contributed by atoms with Crippen molar-refractivity contribution in [2.24, 2.45) is 34.5 Å². The van der Waals surface area contributed by atoms with Crippen LogP contribution in [0.3, 0.4) is 0 Å². The molecular weight excluding hydrogens is 1090 g/mol. The predicted molar refractivity (Wildman–Crippen MR) is 302 cm³/mol. The number of ether oxygens (including phenoxy) is 10. The molecule has 0 heterocycles. The molecule has 0 saturated heterocycles. The van der Waals surface area contributed by atoms with Gasteiger partial charge in [0.15, 0.2) is 0 Å². The summed E-state index contributed by atoms with van der Waals surface area (Å²) >= 11 is 0. The molecule has 0 spiro atoms. The first kappa shape index (κ1) is 66.6. The van der Waals surface area contributed by atoms with Gasteiger partial charge in [-0.3, -0.25) is 38.4 Å². The monoisotopic (exact) mass is 1170 g/mol. The van der Waals surface area contributed by atoms with E-state index >= 15 is 0 Å². The SMILES string of the molecule is C=CC(=O)OCC(C)(C)COC(=O)CCC(=O)OCCc1ccc(OC(=O)C2CCC(C(=O)Oc3ccc(OC(=O)C4CCC(C(=O)Oc5ccc(CCOC(=O)CCC(=O)OCC(C)(C)COC(=O)C=C)cc5)CC4)c(C)c3C)CC2)cc1. The fraction of sp³-hybridized carbons (Fsp3) is 0.500. The topological polar surface area (TPSA) is 263 Å². The highest BCUT2D eigenvalue weighted by molar-refractivity contribution is 5.82. The van der Waals surface area contributed by atoms with Crippen LogP contribution in [0.5, 0.6) is 23.0 Å². The van der Waals surface area contributed by atoms with E-state index in [0.29, 0.717) is 98.3 Å². The van der Waals surface area contributed by atoms with Gasteiger partial charge in [0.05, 0.1) is 89.0 Å². The first-order chi connectivity index (χ1) is 39.9. The second kappa shape index (κ2) is 32.6. The summed E-state index contributed by atoms with van der Waals surface area (Å²) in [6.45, 7) is 17.5. The van der Waals surface area contributed by atoms with Crippen LogP contribution in [0.15, 0.2) is 86.0 Å². The molecule has 0 atom stereocenters. The van der Waals surface area contributed by atoms with Crippen LogP contribution < -0.4 is 18.9 Å². The summed E-state index contributed by atoms with van der Waals surface area (Å²) in [7, 11) is 0. The van der Waals surface area contributed by atoms with Gasteiger partial charge in [0, 0.05) is 35.8 Å². The number of rotatable bonds is 30. The summed E-state index contributed by atoms with van der Waals surface area (Å²) < 4.78 is 54.0. The molecule has 0 aliphatic heterocycles. The Morgan fingerprint density at radius 3 is 0.976 bits per heavy atom. The first-order valence-corrected chi connectivity index (χ1v) is 28.3. The minimum atomic E-state index is -0.618. The number of hydrogen-bond donors (Lipinski definition) is 0. The molecule has 0 N–H and O–H groups in total. The molecule has 0 bridgehead atoms. The highest BCUT2D eigenvalue weighted by Gasteiger charge is 2.35. The quantitative estimate of drug-likeness (QED) is 0.0260. The summed E-state index contributed by atoms with van der Waals surface area (Å²) in [5.74, 6) is -5.28. The molecule has 0 radical (unpaired) electrons. The standard InChI is InChI=1S/C64H78O20/c1-9-53(65)77-37-63(5,6)39-79-57(69)31-29-55(67)75-35-33-43-11-23-49(24-12-43)81-59(71)45-15-19-47(20-16-45)61(73)83-51-27-28-52(42(4)41(51)3)84-62(74)48-21-17-46(18-22-48)60(72)82-50-25-13-44(14-26-50)34-36-76-56(68)30-32-58(70)80-40-64(7,8)38-78-54(66)10-2/h9-14,23-28,45-48H,1-2,15-22,29-40H2,3-8H3. The van der Waals surface area contributed by atoms with Crippen molar-refractivity contribution in [2.45, 2.75) is 131 Å². The van der Waals surface area contributed by atoms with Gasteiger partial charge in [0.1, 0.15) is 23.0 Å². The predicted octanol–water partition coefficient (Wildman–Crippen LogP) is 9.27. The van der Waals surface area contributed by atoms with E-state index in [1.165, 1.54) is 0 Å². The number of esters is 10. The van der Waals surface area contributed by atoms with Crippen LogP contribution in [0.1, 0.15) is 127 Å². The first-order valence-electron chi connectivity index (χ1n) is 28.3. The maximum absolute atomic E-state index is 13.4. The third-order valence-corrected chi connectivity index (χ3v) is 14.3. The Morgan fingerprint density at radius 2 is 0.679 bits per heavy atom. The molecule has 20 nitrogen and oxygen atoms in total. The molecule has 3 aromatic carbocycles. The fourth-order valence-corrected chi connectivity index (χ4v) is 8.90. The van der Waals surface area contributed by atoms with Crippen molar-refractivity contribution in [2.75, 3.05) is 39.6 Å². The minimum absolute atomic E-state index is 0.000126. The Kier molecular flexibility index (Phi) is 25.9. The van der Waals surface area contributed by atoms with E-state index in [1.54, 1.807) is 102 Å². The molecule has 454 valence electrons. The highest BCUT2D eigenvalue weighted by atomic mass is 16.6. The second-order valence-electron chi connectivity index (χ2n) is 22.6. The summed E-state index contributed by atoms with van der Waals surface area (Å²) in [4.78, 5) is 124. The molecule has 2 fully saturated rings. The Hall–Kier alpha value is -8.16. The summed E-state index contributed by atoms with van der Waals surface area (Å²) in [5.41, 5.74) is 1.71. The summed E-state index contributed by atoms with van der Waals surface area (Å²) in [6, 6.07) is 16.9. The lowest BCUT2D eigenvalue weighted by molar-refractivity contribution is -0.154. The lowest BCUT2D eigenvalue weighted by Crippen LogP contribution is -2.30. The van der Waals surface area contributed by atoms with E-state index in [0.717, 1.165) is 23.3 Å². The van der Waals surface area contributed by atoms with Gasteiger partial charge >= 0.3 is 59.7 Å². The zero-order valence-corrected chi connectivity index (χ0v) is 49.0. The molecule has 2 aliphatic carbocycles. The number of hydrogen-bond acceptors (Lipinski definition) is 20. The molecule has 0 unspecified atom stereocenters.